The molecule has 7 heteroatoms. The van der Waals surface area contributed by atoms with Crippen molar-refractivity contribution >= 4 is 10.4 Å². The van der Waals surface area contributed by atoms with E-state index in [1.807, 2.05) is 0 Å². The lowest BCUT2D eigenvalue weighted by molar-refractivity contribution is 0.296. The monoisotopic (exact) mass is 201 g/mol. The Hall–Kier alpha value is -0.470. The van der Waals surface area contributed by atoms with Gasteiger partial charge in [0.2, 0.25) is 0 Å². The summed E-state index contributed by atoms with van der Waals surface area (Å²) in [5, 5.41) is 7.57. The second-order valence-electron chi connectivity index (χ2n) is 1.32. The molecule has 0 unspecified atom stereocenters. The van der Waals surface area contributed by atoms with Crippen LogP contribution in [0.3, 0.4) is 0 Å². The standard InChI is InChI=1S/C3H6O4S.C2H6O.H3N/c1-2-3-7-8(4,5)6;1-2-3;/h2H,1,3H2,(H,4,5,6);3H,2H2,1H3;1H3. The molecule has 0 amide bonds. The number of hydrogen-bond acceptors (Lipinski definition) is 5. The predicted molar refractivity (Wildman–Crippen MR) is 45.5 cm³/mol. The number of aliphatic hydroxyl groups excluding tert-OH is 1. The Bertz CT molecular complexity index is 176. The minimum Gasteiger partial charge on any atom is -0.397 e. The SMILES string of the molecule is C=CCOS(=O)(=O)O.CCO.N. The summed E-state index contributed by atoms with van der Waals surface area (Å²) in [6.07, 6.45) is 1.22. The second-order valence-corrected chi connectivity index (χ2v) is 2.41. The van der Waals surface area contributed by atoms with Crippen LogP contribution in [-0.2, 0) is 14.6 Å². The topological polar surface area (TPSA) is 119 Å². The summed E-state index contributed by atoms with van der Waals surface area (Å²) < 4.78 is 31.0. The maximum atomic E-state index is 9.68. The van der Waals surface area contributed by atoms with E-state index < -0.39 is 10.4 Å². The van der Waals surface area contributed by atoms with Crippen LogP contribution in [0.25, 0.3) is 0 Å². The average molecular weight is 201 g/mol. The summed E-state index contributed by atoms with van der Waals surface area (Å²) in [4.78, 5) is 0. The first kappa shape index (κ1) is 17.6. The highest BCUT2D eigenvalue weighted by molar-refractivity contribution is 7.80. The summed E-state index contributed by atoms with van der Waals surface area (Å²) in [6, 6.07) is 0. The Labute approximate surface area is 72.4 Å². The summed E-state index contributed by atoms with van der Waals surface area (Å²) in [7, 11) is -4.26. The van der Waals surface area contributed by atoms with Gasteiger partial charge in [-0.25, -0.2) is 4.18 Å². The molecule has 5 N–H and O–H groups in total. The van der Waals surface area contributed by atoms with Crippen LogP contribution in [0.1, 0.15) is 6.92 Å². The van der Waals surface area contributed by atoms with E-state index in [-0.39, 0.29) is 19.4 Å². The van der Waals surface area contributed by atoms with Gasteiger partial charge in [0.1, 0.15) is 0 Å². The lowest BCUT2D eigenvalue weighted by Crippen LogP contribution is -2.02. The van der Waals surface area contributed by atoms with Gasteiger partial charge < -0.3 is 11.3 Å². The first-order chi connectivity index (χ1) is 4.97. The molecule has 76 valence electrons. The van der Waals surface area contributed by atoms with Crippen LogP contribution >= 0.6 is 0 Å². The van der Waals surface area contributed by atoms with Gasteiger partial charge >= 0.3 is 10.4 Å². The Morgan fingerprint density at radius 2 is 1.92 bits per heavy atom. The van der Waals surface area contributed by atoms with E-state index in [2.05, 4.69) is 10.8 Å². The summed E-state index contributed by atoms with van der Waals surface area (Å²) in [5.41, 5.74) is 0. The van der Waals surface area contributed by atoms with E-state index in [1.165, 1.54) is 6.08 Å². The largest absolute Gasteiger partial charge is 0.397 e. The van der Waals surface area contributed by atoms with Gasteiger partial charge in [-0.05, 0) is 6.92 Å². The molecule has 0 aromatic heterocycles. The smallest absolute Gasteiger partial charge is 0.397 e. The Morgan fingerprint density at radius 1 is 1.58 bits per heavy atom. The third kappa shape index (κ3) is 33.8. The van der Waals surface area contributed by atoms with Gasteiger partial charge in [-0.15, -0.1) is 6.58 Å². The van der Waals surface area contributed by atoms with E-state index in [0.717, 1.165) is 0 Å². The molecule has 0 spiro atoms. The Balaban J connectivity index is -0.000000177. The van der Waals surface area contributed by atoms with Crippen molar-refractivity contribution in [3.63, 3.8) is 0 Å². The van der Waals surface area contributed by atoms with Gasteiger partial charge in [-0.3, -0.25) is 4.55 Å². The Kier molecular flexibility index (Phi) is 15.4. The highest BCUT2D eigenvalue weighted by Crippen LogP contribution is 1.83. The highest BCUT2D eigenvalue weighted by atomic mass is 32.3. The van der Waals surface area contributed by atoms with Crippen molar-refractivity contribution in [1.29, 1.82) is 0 Å². The second kappa shape index (κ2) is 10.5. The first-order valence-corrected chi connectivity index (χ1v) is 4.18. The fourth-order valence-corrected chi connectivity index (χ4v) is 0.402. The van der Waals surface area contributed by atoms with E-state index in [1.54, 1.807) is 6.92 Å². The normalized spacial score (nSPS) is 8.92. The molecule has 6 nitrogen and oxygen atoms in total. The first-order valence-electron chi connectivity index (χ1n) is 2.81. The number of aliphatic hydroxyl groups is 1. The van der Waals surface area contributed by atoms with Crippen LogP contribution < -0.4 is 6.15 Å². The zero-order valence-electron chi connectivity index (χ0n) is 6.93. The molecular formula is C5H15NO5S. The molecule has 0 aromatic rings. The molecule has 12 heavy (non-hydrogen) atoms. The summed E-state index contributed by atoms with van der Waals surface area (Å²) in [5.74, 6) is 0. The fourth-order valence-electron chi connectivity index (χ4n) is 0.134. The summed E-state index contributed by atoms with van der Waals surface area (Å²) >= 11 is 0. The van der Waals surface area contributed by atoms with Crippen LogP contribution in [0, 0.1) is 0 Å². The molecule has 0 aliphatic rings. The van der Waals surface area contributed by atoms with Gasteiger partial charge in [0.25, 0.3) is 0 Å². The van der Waals surface area contributed by atoms with E-state index in [9.17, 15) is 8.42 Å². The molecule has 0 aliphatic carbocycles. The molecule has 0 heterocycles. The van der Waals surface area contributed by atoms with Crippen molar-refractivity contribution in [3.8, 4) is 0 Å². The van der Waals surface area contributed by atoms with Crippen molar-refractivity contribution in [2.24, 2.45) is 0 Å². The molecule has 0 saturated carbocycles. The molecule has 0 aromatic carbocycles. The lowest BCUT2D eigenvalue weighted by Gasteiger charge is -1.90. The molecule has 0 saturated heterocycles. The van der Waals surface area contributed by atoms with Crippen LogP contribution in [0.4, 0.5) is 0 Å². The molecule has 0 fully saturated rings. The quantitative estimate of drug-likeness (QED) is 0.441. The molecule has 0 rings (SSSR count). The highest BCUT2D eigenvalue weighted by Gasteiger charge is 1.99. The van der Waals surface area contributed by atoms with Crippen molar-refractivity contribution in [1.82, 2.24) is 6.15 Å². The molecule has 0 radical (unpaired) electrons. The van der Waals surface area contributed by atoms with E-state index in [0.29, 0.717) is 0 Å². The van der Waals surface area contributed by atoms with Gasteiger partial charge in [0, 0.05) is 6.61 Å². The number of hydrogen-bond donors (Lipinski definition) is 3. The average Bonchev–Trinajstić information content (AvgIpc) is 1.84. The minimum absolute atomic E-state index is 0. The van der Waals surface area contributed by atoms with Crippen molar-refractivity contribution in [3.05, 3.63) is 12.7 Å². The fraction of sp³-hybridized carbons (Fsp3) is 0.600. The van der Waals surface area contributed by atoms with E-state index in [4.69, 9.17) is 9.66 Å². The minimum atomic E-state index is -4.26. The van der Waals surface area contributed by atoms with Crippen molar-refractivity contribution < 1.29 is 22.3 Å². The van der Waals surface area contributed by atoms with Crippen molar-refractivity contribution in [2.75, 3.05) is 13.2 Å². The molecule has 0 atom stereocenters. The van der Waals surface area contributed by atoms with Gasteiger partial charge in [-0.2, -0.15) is 8.42 Å². The van der Waals surface area contributed by atoms with Gasteiger partial charge in [0.05, 0.1) is 6.61 Å². The zero-order chi connectivity index (χ0) is 9.33. The molecular weight excluding hydrogens is 186 g/mol. The lowest BCUT2D eigenvalue weighted by atomic mass is 10.7. The molecule has 0 bridgehead atoms. The molecule has 0 aliphatic heterocycles. The Morgan fingerprint density at radius 3 is 2.00 bits per heavy atom. The van der Waals surface area contributed by atoms with Crippen molar-refractivity contribution in [2.45, 2.75) is 6.92 Å². The predicted octanol–water partition coefficient (Wildman–Crippen LogP) is 0.152. The van der Waals surface area contributed by atoms with Crippen LogP contribution in [-0.4, -0.2) is 31.3 Å². The number of rotatable bonds is 3. The summed E-state index contributed by atoms with van der Waals surface area (Å²) in [6.45, 7) is 4.90. The maximum Gasteiger partial charge on any atom is 0.397 e. The third-order valence-corrected chi connectivity index (χ3v) is 0.769. The van der Waals surface area contributed by atoms with E-state index >= 15 is 0 Å². The van der Waals surface area contributed by atoms with Gasteiger partial charge in [0.15, 0.2) is 0 Å². The third-order valence-electron chi connectivity index (χ3n) is 0.335. The van der Waals surface area contributed by atoms with Crippen LogP contribution in [0.2, 0.25) is 0 Å². The zero-order valence-corrected chi connectivity index (χ0v) is 7.75. The maximum absolute atomic E-state index is 9.68. The van der Waals surface area contributed by atoms with Crippen LogP contribution in [0.15, 0.2) is 12.7 Å². The van der Waals surface area contributed by atoms with Crippen LogP contribution in [0.5, 0.6) is 0 Å². The van der Waals surface area contributed by atoms with Gasteiger partial charge in [-0.1, -0.05) is 6.08 Å².